The molecule has 6 heavy (non-hydrogen) atoms. The van der Waals surface area contributed by atoms with Gasteiger partial charge in [-0.3, -0.25) is 5.41 Å². The fourth-order valence-electron chi connectivity index (χ4n) is 0.0952. The molecule has 0 aromatic carbocycles. The molecule has 1 radical (unpaired) electrons. The number of rotatable bonds is 2. The van der Waals surface area contributed by atoms with Crippen LogP contribution in [0.2, 0.25) is 0 Å². The molecular weight excluding hydrogens is 76.1 g/mol. The highest BCUT2D eigenvalue weighted by Crippen LogP contribution is 1.40. The monoisotopic (exact) mass is 81.0 g/mol. The van der Waals surface area contributed by atoms with Crippen LogP contribution < -0.4 is 5.32 Å². The summed E-state index contributed by atoms with van der Waals surface area (Å²) in [4.78, 5) is 0. The average Bonchev–Trinajstić information content (AvgIpc) is 1.61. The second-order valence-electron chi connectivity index (χ2n) is 0.683. The Bertz CT molecular complexity index is 70.1. The van der Waals surface area contributed by atoms with Crippen LogP contribution in [-0.2, 0) is 0 Å². The lowest BCUT2D eigenvalue weighted by Crippen LogP contribution is -2.08. The van der Waals surface area contributed by atoms with Crippen LogP contribution in [-0.4, -0.2) is 12.9 Å². The molecule has 0 unspecified atom stereocenters. The fourth-order valence-corrected chi connectivity index (χ4v) is 0.0952. The van der Waals surface area contributed by atoms with Crippen molar-refractivity contribution in [2.75, 3.05) is 6.54 Å². The second-order valence-corrected chi connectivity index (χ2v) is 0.683. The zero-order valence-corrected chi connectivity index (χ0v) is 3.28. The van der Waals surface area contributed by atoms with Crippen molar-refractivity contribution in [1.82, 2.24) is 5.32 Å². The molecule has 31 valence electrons. The molecule has 0 aliphatic heterocycles. The highest BCUT2D eigenvalue weighted by atomic mass is 14.9. The molecule has 0 spiro atoms. The van der Waals surface area contributed by atoms with E-state index in [-0.39, 0.29) is 0 Å². The summed E-state index contributed by atoms with van der Waals surface area (Å²) in [6.07, 6.45) is 6.70. The van der Waals surface area contributed by atoms with E-state index < -0.39 is 0 Å². The predicted molar refractivity (Wildman–Crippen MR) is 24.6 cm³/mol. The van der Waals surface area contributed by atoms with Crippen molar-refractivity contribution in [3.8, 4) is 12.3 Å². The van der Waals surface area contributed by atoms with Crippen molar-refractivity contribution in [3.63, 3.8) is 0 Å². The van der Waals surface area contributed by atoms with E-state index in [0.717, 1.165) is 0 Å². The van der Waals surface area contributed by atoms with E-state index in [4.69, 9.17) is 11.8 Å². The van der Waals surface area contributed by atoms with E-state index in [9.17, 15) is 0 Å². The molecule has 0 aromatic rings. The van der Waals surface area contributed by atoms with Gasteiger partial charge in [-0.2, -0.15) is 0 Å². The zero-order chi connectivity index (χ0) is 4.83. The third-order valence-electron chi connectivity index (χ3n) is 0.279. The summed E-state index contributed by atoms with van der Waals surface area (Å²) in [7, 11) is 0. The largest absolute Gasteiger partial charge is 0.357 e. The van der Waals surface area contributed by atoms with Crippen LogP contribution in [0.5, 0.6) is 0 Å². The SMILES string of the molecule is C#CCN[C]=N. The van der Waals surface area contributed by atoms with Gasteiger partial charge < -0.3 is 5.32 Å². The maximum Gasteiger partial charge on any atom is 0.161 e. The molecule has 0 bridgehead atoms. The number of hydrogen-bond acceptors (Lipinski definition) is 1. The lowest BCUT2D eigenvalue weighted by Gasteiger charge is -1.80. The molecule has 2 nitrogen and oxygen atoms in total. The molecule has 0 rings (SSSR count). The molecule has 0 atom stereocenters. The maximum atomic E-state index is 6.25. The van der Waals surface area contributed by atoms with Crippen molar-refractivity contribution < 1.29 is 0 Å². The number of terminal acetylenes is 1. The van der Waals surface area contributed by atoms with Crippen molar-refractivity contribution in [1.29, 1.82) is 5.41 Å². The summed E-state index contributed by atoms with van der Waals surface area (Å²) < 4.78 is 0. The van der Waals surface area contributed by atoms with Gasteiger partial charge in [-0.1, -0.05) is 5.92 Å². The van der Waals surface area contributed by atoms with E-state index in [1.165, 1.54) is 0 Å². The lowest BCUT2D eigenvalue weighted by molar-refractivity contribution is 1.09. The minimum absolute atomic E-state index is 0.392. The Balaban J connectivity index is 2.72. The molecule has 0 saturated carbocycles. The topological polar surface area (TPSA) is 35.9 Å². The first-order chi connectivity index (χ1) is 2.91. The van der Waals surface area contributed by atoms with Crippen LogP contribution in [0.1, 0.15) is 0 Å². The van der Waals surface area contributed by atoms with Gasteiger partial charge in [0.05, 0.1) is 6.54 Å². The summed E-state index contributed by atoms with van der Waals surface area (Å²) in [5, 5.41) is 8.63. The summed E-state index contributed by atoms with van der Waals surface area (Å²) in [5.41, 5.74) is 0. The molecule has 2 heteroatoms. The van der Waals surface area contributed by atoms with Gasteiger partial charge in [-0.25, -0.2) is 0 Å². The second kappa shape index (κ2) is 4.03. The third kappa shape index (κ3) is 3.03. The molecule has 2 N–H and O–H groups in total. The minimum atomic E-state index is 0.392. The van der Waals surface area contributed by atoms with Gasteiger partial charge in [-0.05, 0) is 0 Å². The normalized spacial score (nSPS) is 5.83. The lowest BCUT2D eigenvalue weighted by atomic mass is 10.7. The van der Waals surface area contributed by atoms with Gasteiger partial charge in [0.15, 0.2) is 6.34 Å². The highest BCUT2D eigenvalue weighted by molar-refractivity contribution is 5.50. The standard InChI is InChI=1S/C4H5N2/c1-2-3-6-4-5/h1H,3H2,(H2,5,6). The van der Waals surface area contributed by atoms with Crippen molar-refractivity contribution >= 4 is 6.34 Å². The van der Waals surface area contributed by atoms with E-state index in [0.29, 0.717) is 6.54 Å². The van der Waals surface area contributed by atoms with Crippen LogP contribution in [0.3, 0.4) is 0 Å². The van der Waals surface area contributed by atoms with Gasteiger partial charge in [0.2, 0.25) is 0 Å². The molecule has 0 amide bonds. The van der Waals surface area contributed by atoms with Crippen LogP contribution >= 0.6 is 0 Å². The first-order valence-corrected chi connectivity index (χ1v) is 1.50. The Kier molecular flexibility index (Phi) is 3.38. The van der Waals surface area contributed by atoms with Gasteiger partial charge in [0, 0.05) is 0 Å². The smallest absolute Gasteiger partial charge is 0.161 e. The molecule has 0 saturated heterocycles. The molecule has 0 heterocycles. The predicted octanol–water partition coefficient (Wildman–Crippen LogP) is -0.307. The Morgan fingerprint density at radius 3 is 2.67 bits per heavy atom. The van der Waals surface area contributed by atoms with Gasteiger partial charge in [-0.15, -0.1) is 6.42 Å². The zero-order valence-electron chi connectivity index (χ0n) is 3.28. The van der Waals surface area contributed by atoms with Crippen molar-refractivity contribution in [2.24, 2.45) is 0 Å². The van der Waals surface area contributed by atoms with Crippen molar-refractivity contribution in [2.45, 2.75) is 0 Å². The molecule has 0 fully saturated rings. The molecular formula is C4H5N2. The Morgan fingerprint density at radius 2 is 2.50 bits per heavy atom. The summed E-state index contributed by atoms with van der Waals surface area (Å²) >= 11 is 0. The van der Waals surface area contributed by atoms with Gasteiger partial charge >= 0.3 is 0 Å². The first-order valence-electron chi connectivity index (χ1n) is 1.50. The fraction of sp³-hybridized carbons (Fsp3) is 0.250. The first kappa shape index (κ1) is 5.03. The van der Waals surface area contributed by atoms with Gasteiger partial charge in [0.1, 0.15) is 0 Å². The van der Waals surface area contributed by atoms with E-state index in [1.54, 1.807) is 0 Å². The Labute approximate surface area is 37.1 Å². The van der Waals surface area contributed by atoms with Gasteiger partial charge in [0.25, 0.3) is 0 Å². The maximum absolute atomic E-state index is 6.25. The van der Waals surface area contributed by atoms with Crippen LogP contribution in [0.15, 0.2) is 0 Å². The summed E-state index contributed by atoms with van der Waals surface area (Å²) in [6, 6.07) is 0. The average molecular weight is 81.1 g/mol. The quantitative estimate of drug-likeness (QED) is 0.154. The summed E-state index contributed by atoms with van der Waals surface area (Å²) in [5.74, 6) is 2.28. The molecule has 0 aliphatic rings. The van der Waals surface area contributed by atoms with Crippen LogP contribution in [0, 0.1) is 17.8 Å². The summed E-state index contributed by atoms with van der Waals surface area (Å²) in [6.45, 7) is 0.392. The number of hydrogen-bond donors (Lipinski definition) is 2. The van der Waals surface area contributed by atoms with Crippen molar-refractivity contribution in [3.05, 3.63) is 0 Å². The van der Waals surface area contributed by atoms with E-state index in [2.05, 4.69) is 11.2 Å². The highest BCUT2D eigenvalue weighted by Gasteiger charge is 1.62. The Morgan fingerprint density at radius 1 is 1.83 bits per heavy atom. The molecule has 0 aliphatic carbocycles. The third-order valence-corrected chi connectivity index (χ3v) is 0.279. The number of nitrogens with one attached hydrogen (secondary N) is 2. The van der Waals surface area contributed by atoms with E-state index >= 15 is 0 Å². The molecule has 0 aromatic heterocycles. The Hall–Kier alpha value is -0.970. The minimum Gasteiger partial charge on any atom is -0.357 e. The van der Waals surface area contributed by atoms with Crippen LogP contribution in [0.4, 0.5) is 0 Å². The van der Waals surface area contributed by atoms with E-state index in [1.807, 2.05) is 6.34 Å². The van der Waals surface area contributed by atoms with Crippen LogP contribution in [0.25, 0.3) is 0 Å².